The van der Waals surface area contributed by atoms with Crippen LogP contribution in [-0.2, 0) is 4.79 Å². The lowest BCUT2D eigenvalue weighted by Crippen LogP contribution is -2.22. The summed E-state index contributed by atoms with van der Waals surface area (Å²) in [5, 5.41) is 0. The van der Waals surface area contributed by atoms with Gasteiger partial charge in [0.2, 0.25) is 0 Å². The number of halogens is 1. The predicted molar refractivity (Wildman–Crippen MR) is 98.0 cm³/mol. The molecule has 0 N–H and O–H groups in total. The van der Waals surface area contributed by atoms with Gasteiger partial charge in [-0.05, 0) is 53.0 Å². The summed E-state index contributed by atoms with van der Waals surface area (Å²) in [4.78, 5) is 12.1. The van der Waals surface area contributed by atoms with Crippen molar-refractivity contribution in [2.75, 3.05) is 0 Å². The Morgan fingerprint density at radius 3 is 2.50 bits per heavy atom. The van der Waals surface area contributed by atoms with Gasteiger partial charge in [0, 0.05) is 0 Å². The van der Waals surface area contributed by atoms with Crippen molar-refractivity contribution in [2.45, 2.75) is 44.9 Å². The van der Waals surface area contributed by atoms with Crippen LogP contribution < -0.4 is 4.74 Å². The monoisotopic (exact) mass is 408 g/mol. The normalized spacial score (nSPS) is 21.0. The molecule has 0 saturated heterocycles. The van der Waals surface area contributed by atoms with Crippen molar-refractivity contribution in [1.82, 2.24) is 0 Å². The number of rotatable bonds is 3. The van der Waals surface area contributed by atoms with Crippen molar-refractivity contribution in [3.8, 4) is 5.75 Å². The number of benzene rings is 1. The third-order valence-electron chi connectivity index (χ3n) is 4.56. The zero-order valence-corrected chi connectivity index (χ0v) is 14.8. The van der Waals surface area contributed by atoms with Gasteiger partial charge in [0.15, 0.2) is 0 Å². The van der Waals surface area contributed by atoms with E-state index in [1.807, 2.05) is 12.1 Å². The van der Waals surface area contributed by atoms with Crippen LogP contribution in [0, 0.1) is 5.92 Å². The quantitative estimate of drug-likeness (QED) is 0.366. The summed E-state index contributed by atoms with van der Waals surface area (Å²) in [5.41, 5.74) is 4.06. The van der Waals surface area contributed by atoms with Crippen LogP contribution in [0.5, 0.6) is 5.75 Å². The number of hydrogen-bond donors (Lipinski definition) is 0. The fraction of sp³-hybridized carbons (Fsp3) is 0.421. The van der Waals surface area contributed by atoms with Crippen LogP contribution in [0.2, 0.25) is 0 Å². The summed E-state index contributed by atoms with van der Waals surface area (Å²) in [6, 6.07) is 7.96. The largest absolute Gasteiger partial charge is 0.426 e. The second kappa shape index (κ2) is 7.44. The molecule has 1 saturated carbocycles. The first-order valence-corrected chi connectivity index (χ1v) is 9.30. The molecule has 1 aromatic rings. The summed E-state index contributed by atoms with van der Waals surface area (Å²) in [7, 11) is 0. The average Bonchev–Trinajstić information content (AvgIpc) is 3.05. The van der Waals surface area contributed by atoms with Crippen LogP contribution in [-0.4, -0.2) is 5.97 Å². The highest BCUT2D eigenvalue weighted by Crippen LogP contribution is 2.33. The van der Waals surface area contributed by atoms with E-state index in [0.29, 0.717) is 5.75 Å². The van der Waals surface area contributed by atoms with Crippen molar-refractivity contribution < 1.29 is 9.53 Å². The molecule has 0 spiro atoms. The highest BCUT2D eigenvalue weighted by Gasteiger charge is 2.23. The van der Waals surface area contributed by atoms with Crippen LogP contribution in [0.15, 0.2) is 40.0 Å². The topological polar surface area (TPSA) is 26.3 Å². The summed E-state index contributed by atoms with van der Waals surface area (Å²) in [6.45, 7) is 0. The van der Waals surface area contributed by atoms with E-state index in [2.05, 4.69) is 44.9 Å². The minimum absolute atomic E-state index is 0.0531. The lowest BCUT2D eigenvalue weighted by atomic mass is 9.89. The van der Waals surface area contributed by atoms with E-state index in [1.165, 1.54) is 23.1 Å². The van der Waals surface area contributed by atoms with Gasteiger partial charge in [-0.15, -0.1) is 0 Å². The Labute approximate surface area is 145 Å². The van der Waals surface area contributed by atoms with E-state index in [9.17, 15) is 4.79 Å². The summed E-state index contributed by atoms with van der Waals surface area (Å²) in [5.74, 6) is 0.715. The number of carbonyl (C=O) groups is 1. The Morgan fingerprint density at radius 1 is 1.14 bits per heavy atom. The van der Waals surface area contributed by atoms with Crippen LogP contribution >= 0.6 is 22.6 Å². The number of esters is 1. The van der Waals surface area contributed by atoms with Gasteiger partial charge < -0.3 is 4.74 Å². The maximum Gasteiger partial charge on any atom is 0.314 e. The molecule has 1 aromatic carbocycles. The van der Waals surface area contributed by atoms with Gasteiger partial charge in [0.25, 0.3) is 0 Å². The SMILES string of the molecule is O=C(Oc1ccc(C2=CCC(=CI)C2)cc1)C1CCCCC1. The molecule has 0 aromatic heterocycles. The molecule has 3 rings (SSSR count). The highest BCUT2D eigenvalue weighted by atomic mass is 127. The molecule has 0 atom stereocenters. The minimum atomic E-state index is -0.0531. The third-order valence-corrected chi connectivity index (χ3v) is 5.45. The summed E-state index contributed by atoms with van der Waals surface area (Å²) < 4.78 is 7.71. The van der Waals surface area contributed by atoms with E-state index < -0.39 is 0 Å². The minimum Gasteiger partial charge on any atom is -0.426 e. The van der Waals surface area contributed by atoms with Crippen molar-refractivity contribution in [3.05, 3.63) is 45.6 Å². The van der Waals surface area contributed by atoms with E-state index in [0.717, 1.165) is 38.5 Å². The van der Waals surface area contributed by atoms with Crippen LogP contribution in [0.4, 0.5) is 0 Å². The van der Waals surface area contributed by atoms with Crippen molar-refractivity contribution in [3.63, 3.8) is 0 Å². The fourth-order valence-electron chi connectivity index (χ4n) is 3.22. The molecule has 3 heteroatoms. The molecule has 1 fully saturated rings. The lowest BCUT2D eigenvalue weighted by Gasteiger charge is -2.19. The molecule has 0 aliphatic heterocycles. The lowest BCUT2D eigenvalue weighted by molar-refractivity contribution is -0.139. The molecule has 0 heterocycles. The maximum absolute atomic E-state index is 12.1. The second-order valence-corrected chi connectivity index (χ2v) is 6.78. The van der Waals surface area contributed by atoms with E-state index in [4.69, 9.17) is 4.74 Å². The summed E-state index contributed by atoms with van der Waals surface area (Å²) >= 11 is 2.31. The molecule has 0 unspecified atom stereocenters. The molecule has 0 bridgehead atoms. The Hall–Kier alpha value is -1.10. The smallest absolute Gasteiger partial charge is 0.314 e. The standard InChI is InChI=1S/C19H21IO2/c20-13-14-6-7-17(12-14)15-8-10-18(11-9-15)22-19(21)16-4-2-1-3-5-16/h7-11,13,16H,1-6,12H2. The van der Waals surface area contributed by atoms with Gasteiger partial charge in [-0.1, -0.05) is 65.6 Å². The Kier molecular flexibility index (Phi) is 5.34. The number of ether oxygens (including phenoxy) is 1. The molecule has 0 radical (unpaired) electrons. The molecule has 2 nitrogen and oxygen atoms in total. The zero-order chi connectivity index (χ0) is 15.4. The molecule has 116 valence electrons. The van der Waals surface area contributed by atoms with Gasteiger partial charge in [0.1, 0.15) is 5.75 Å². The molecular weight excluding hydrogens is 387 g/mol. The van der Waals surface area contributed by atoms with Crippen LogP contribution in [0.25, 0.3) is 5.57 Å². The van der Waals surface area contributed by atoms with E-state index in [-0.39, 0.29) is 11.9 Å². The molecule has 22 heavy (non-hydrogen) atoms. The molecule has 2 aliphatic rings. The predicted octanol–water partition coefficient (Wildman–Crippen LogP) is 5.67. The number of hydrogen-bond acceptors (Lipinski definition) is 2. The molecule has 2 aliphatic carbocycles. The Bertz CT molecular complexity index is 592. The van der Waals surface area contributed by atoms with E-state index >= 15 is 0 Å². The third kappa shape index (κ3) is 3.80. The highest BCUT2D eigenvalue weighted by molar-refractivity contribution is 14.1. The van der Waals surface area contributed by atoms with Crippen molar-refractivity contribution in [1.29, 1.82) is 0 Å². The maximum atomic E-state index is 12.1. The average molecular weight is 408 g/mol. The van der Waals surface area contributed by atoms with Crippen molar-refractivity contribution >= 4 is 34.1 Å². The molecular formula is C19H21IO2. The van der Waals surface area contributed by atoms with Gasteiger partial charge in [-0.25, -0.2) is 0 Å². The summed E-state index contributed by atoms with van der Waals surface area (Å²) in [6.07, 6.45) is 9.89. The Morgan fingerprint density at radius 2 is 1.86 bits per heavy atom. The first kappa shape index (κ1) is 15.8. The fourth-order valence-corrected chi connectivity index (χ4v) is 3.70. The first-order chi connectivity index (χ1) is 10.8. The molecule has 0 amide bonds. The van der Waals surface area contributed by atoms with Crippen molar-refractivity contribution in [2.24, 2.45) is 5.92 Å². The second-order valence-electron chi connectivity index (χ2n) is 6.16. The number of carbonyl (C=O) groups excluding carboxylic acids is 1. The Balaban J connectivity index is 1.61. The number of allylic oxidation sites excluding steroid dienone is 3. The van der Waals surface area contributed by atoms with Crippen LogP contribution in [0.1, 0.15) is 50.5 Å². The first-order valence-electron chi connectivity index (χ1n) is 8.05. The van der Waals surface area contributed by atoms with E-state index in [1.54, 1.807) is 0 Å². The zero-order valence-electron chi connectivity index (χ0n) is 12.7. The van der Waals surface area contributed by atoms with Gasteiger partial charge in [-0.2, -0.15) is 0 Å². The van der Waals surface area contributed by atoms with Gasteiger partial charge in [0.05, 0.1) is 5.92 Å². The van der Waals surface area contributed by atoms with Gasteiger partial charge in [-0.3, -0.25) is 4.79 Å². The van der Waals surface area contributed by atoms with Gasteiger partial charge >= 0.3 is 5.97 Å². The van der Waals surface area contributed by atoms with Crippen LogP contribution in [0.3, 0.4) is 0 Å².